The van der Waals surface area contributed by atoms with E-state index in [1.807, 2.05) is 6.92 Å². The van der Waals surface area contributed by atoms with Crippen LogP contribution in [-0.4, -0.2) is 48.6 Å². The Bertz CT molecular complexity index is 722. The molecule has 2 atom stereocenters. The average Bonchev–Trinajstić information content (AvgIpc) is 2.80. The molecule has 1 saturated heterocycles. The van der Waals surface area contributed by atoms with Gasteiger partial charge in [-0.3, -0.25) is 4.90 Å². The van der Waals surface area contributed by atoms with Crippen molar-refractivity contribution >= 4 is 23.5 Å². The number of anilines is 2. The Morgan fingerprint density at radius 2 is 1.64 bits per heavy atom. The number of hydrogen-bond acceptors (Lipinski definition) is 4. The molecule has 2 unspecified atom stereocenters. The maximum absolute atomic E-state index is 9.91. The highest BCUT2D eigenvalue weighted by atomic mass is 16.5. The van der Waals surface area contributed by atoms with Crippen molar-refractivity contribution < 1.29 is 9.84 Å². The molecule has 4 rings (SSSR count). The molecule has 2 aromatic rings. The fraction of sp³-hybridized carbons (Fsp3) is 0.333. The summed E-state index contributed by atoms with van der Waals surface area (Å²) >= 11 is 0. The van der Waals surface area contributed by atoms with Crippen molar-refractivity contribution in [1.82, 2.24) is 4.90 Å². The minimum atomic E-state index is -0.434. The summed E-state index contributed by atoms with van der Waals surface area (Å²) in [6, 6.07) is 16.9. The number of aliphatic hydroxyl groups is 1. The quantitative estimate of drug-likeness (QED) is 0.932. The second-order valence-corrected chi connectivity index (χ2v) is 6.68. The van der Waals surface area contributed by atoms with Crippen molar-refractivity contribution in [3.05, 3.63) is 59.7 Å². The Morgan fingerprint density at radius 3 is 2.24 bits per heavy atom. The van der Waals surface area contributed by atoms with E-state index >= 15 is 0 Å². The molecule has 2 aromatic carbocycles. The standard InChI is InChI=1S/C21H24N2O2/c1-16(24)22-12-13-25-19(14-22)15-23-20-8-4-2-6-17(20)10-11-18-7-3-5-9-21(18)23/h2-11,16,19,24H,12-15H2,1H3. The molecular formula is C21H24N2O2. The van der Waals surface area contributed by atoms with Gasteiger partial charge in [0.25, 0.3) is 0 Å². The molecule has 25 heavy (non-hydrogen) atoms. The first-order chi connectivity index (χ1) is 12.2. The molecule has 2 aliphatic rings. The van der Waals surface area contributed by atoms with Crippen LogP contribution in [0, 0.1) is 0 Å². The van der Waals surface area contributed by atoms with E-state index in [2.05, 4.69) is 70.5 Å². The molecule has 0 radical (unpaired) electrons. The van der Waals surface area contributed by atoms with E-state index in [-0.39, 0.29) is 6.10 Å². The number of benzene rings is 2. The summed E-state index contributed by atoms with van der Waals surface area (Å²) in [4.78, 5) is 4.42. The van der Waals surface area contributed by atoms with Crippen LogP contribution in [0.4, 0.5) is 11.4 Å². The van der Waals surface area contributed by atoms with Gasteiger partial charge in [0, 0.05) is 24.5 Å². The number of hydrogen-bond donors (Lipinski definition) is 1. The van der Waals surface area contributed by atoms with Gasteiger partial charge < -0.3 is 14.7 Å². The molecule has 0 aromatic heterocycles. The van der Waals surface area contributed by atoms with Crippen LogP contribution >= 0.6 is 0 Å². The van der Waals surface area contributed by atoms with E-state index in [9.17, 15) is 5.11 Å². The summed E-state index contributed by atoms with van der Waals surface area (Å²) in [6.07, 6.45) is 3.98. The Balaban J connectivity index is 1.67. The topological polar surface area (TPSA) is 35.9 Å². The number of morpholine rings is 1. The zero-order valence-corrected chi connectivity index (χ0v) is 14.5. The van der Waals surface area contributed by atoms with Crippen molar-refractivity contribution in [2.45, 2.75) is 19.3 Å². The van der Waals surface area contributed by atoms with Gasteiger partial charge in [-0.1, -0.05) is 48.6 Å². The van der Waals surface area contributed by atoms with Crippen molar-refractivity contribution in [3.8, 4) is 0 Å². The van der Waals surface area contributed by atoms with Gasteiger partial charge in [0.2, 0.25) is 0 Å². The van der Waals surface area contributed by atoms with Crippen LogP contribution in [0.5, 0.6) is 0 Å². The number of fused-ring (bicyclic) bond motifs is 2. The third kappa shape index (κ3) is 3.33. The highest BCUT2D eigenvalue weighted by Gasteiger charge is 2.27. The Morgan fingerprint density at radius 1 is 1.04 bits per heavy atom. The van der Waals surface area contributed by atoms with E-state index in [4.69, 9.17) is 4.74 Å². The monoisotopic (exact) mass is 336 g/mol. The third-order valence-corrected chi connectivity index (χ3v) is 4.98. The van der Waals surface area contributed by atoms with Gasteiger partial charge >= 0.3 is 0 Å². The maximum atomic E-state index is 9.91. The van der Waals surface area contributed by atoms with Crippen LogP contribution in [0.3, 0.4) is 0 Å². The molecule has 0 amide bonds. The second kappa shape index (κ2) is 7.00. The molecule has 4 nitrogen and oxygen atoms in total. The summed E-state index contributed by atoms with van der Waals surface area (Å²) in [5.41, 5.74) is 4.81. The summed E-state index contributed by atoms with van der Waals surface area (Å²) in [6.45, 7) is 4.77. The number of para-hydroxylation sites is 2. The van der Waals surface area contributed by atoms with E-state index in [0.717, 1.165) is 19.6 Å². The molecule has 4 heteroatoms. The Kier molecular flexibility index (Phi) is 4.57. The van der Waals surface area contributed by atoms with Crippen LogP contribution in [-0.2, 0) is 4.74 Å². The van der Waals surface area contributed by atoms with Gasteiger partial charge in [0.1, 0.15) is 6.23 Å². The number of rotatable bonds is 3. The molecule has 130 valence electrons. The van der Waals surface area contributed by atoms with Crippen molar-refractivity contribution in [3.63, 3.8) is 0 Å². The van der Waals surface area contributed by atoms with Gasteiger partial charge in [0.15, 0.2) is 0 Å². The highest BCUT2D eigenvalue weighted by Crippen LogP contribution is 2.36. The molecule has 0 bridgehead atoms. The molecule has 1 N–H and O–H groups in total. The second-order valence-electron chi connectivity index (χ2n) is 6.68. The first kappa shape index (κ1) is 16.3. The van der Waals surface area contributed by atoms with Gasteiger partial charge in [-0.05, 0) is 30.2 Å². The lowest BCUT2D eigenvalue weighted by atomic mass is 10.1. The zero-order valence-electron chi connectivity index (χ0n) is 14.5. The minimum absolute atomic E-state index is 0.0579. The molecule has 2 aliphatic heterocycles. The maximum Gasteiger partial charge on any atom is 0.104 e. The summed E-state index contributed by atoms with van der Waals surface area (Å²) in [7, 11) is 0. The van der Waals surface area contributed by atoms with Crippen molar-refractivity contribution in [1.29, 1.82) is 0 Å². The molecule has 1 fully saturated rings. The van der Waals surface area contributed by atoms with E-state index in [1.165, 1.54) is 22.5 Å². The Labute approximate surface area is 148 Å². The number of nitrogens with zero attached hydrogens (tertiary/aromatic N) is 2. The molecular weight excluding hydrogens is 312 g/mol. The van der Waals surface area contributed by atoms with E-state index in [1.54, 1.807) is 0 Å². The van der Waals surface area contributed by atoms with Crippen molar-refractivity contribution in [2.75, 3.05) is 31.1 Å². The van der Waals surface area contributed by atoms with Crippen LogP contribution in [0.2, 0.25) is 0 Å². The number of aliphatic hydroxyl groups excluding tert-OH is 1. The predicted molar refractivity (Wildman–Crippen MR) is 102 cm³/mol. The Hall–Kier alpha value is -2.14. The molecule has 2 heterocycles. The average molecular weight is 336 g/mol. The van der Waals surface area contributed by atoms with Crippen LogP contribution in [0.25, 0.3) is 12.2 Å². The lowest BCUT2D eigenvalue weighted by Crippen LogP contribution is -2.50. The van der Waals surface area contributed by atoms with Crippen LogP contribution < -0.4 is 4.90 Å². The SMILES string of the molecule is CC(O)N1CCOC(CN2c3ccccc3C=Cc3ccccc32)C1. The first-order valence-electron chi connectivity index (χ1n) is 8.90. The summed E-state index contributed by atoms with van der Waals surface area (Å²) in [5, 5.41) is 9.91. The number of ether oxygens (including phenoxy) is 1. The zero-order chi connectivity index (χ0) is 17.2. The summed E-state index contributed by atoms with van der Waals surface area (Å²) in [5.74, 6) is 0. The third-order valence-electron chi connectivity index (χ3n) is 4.98. The highest BCUT2D eigenvalue weighted by molar-refractivity contribution is 5.88. The molecule has 0 aliphatic carbocycles. The largest absolute Gasteiger partial charge is 0.379 e. The van der Waals surface area contributed by atoms with Gasteiger partial charge in [-0.2, -0.15) is 0 Å². The minimum Gasteiger partial charge on any atom is -0.379 e. The van der Waals surface area contributed by atoms with E-state index < -0.39 is 6.23 Å². The lowest BCUT2D eigenvalue weighted by Gasteiger charge is -2.38. The summed E-state index contributed by atoms with van der Waals surface area (Å²) < 4.78 is 6.02. The van der Waals surface area contributed by atoms with Gasteiger partial charge in [-0.25, -0.2) is 0 Å². The normalized spacial score (nSPS) is 21.4. The van der Waals surface area contributed by atoms with Gasteiger partial charge in [-0.15, -0.1) is 0 Å². The molecule has 0 saturated carbocycles. The van der Waals surface area contributed by atoms with Crippen molar-refractivity contribution in [2.24, 2.45) is 0 Å². The lowest BCUT2D eigenvalue weighted by molar-refractivity contribution is -0.0831. The van der Waals surface area contributed by atoms with E-state index in [0.29, 0.717) is 6.61 Å². The smallest absolute Gasteiger partial charge is 0.104 e. The predicted octanol–water partition coefficient (Wildman–Crippen LogP) is 3.35. The first-order valence-corrected chi connectivity index (χ1v) is 8.90. The molecule has 0 spiro atoms. The fourth-order valence-corrected chi connectivity index (χ4v) is 3.65. The van der Waals surface area contributed by atoms with Crippen LogP contribution in [0.1, 0.15) is 18.1 Å². The van der Waals surface area contributed by atoms with Gasteiger partial charge in [0.05, 0.1) is 19.3 Å². The fourth-order valence-electron chi connectivity index (χ4n) is 3.65. The van der Waals surface area contributed by atoms with Crippen LogP contribution in [0.15, 0.2) is 48.5 Å².